The van der Waals surface area contributed by atoms with Crippen LogP contribution in [0.5, 0.6) is 0 Å². The second-order valence-electron chi connectivity index (χ2n) is 9.09. The molecule has 0 bridgehead atoms. The number of hydrogen-bond donors (Lipinski definition) is 2. The van der Waals surface area contributed by atoms with Gasteiger partial charge in [-0.3, -0.25) is 9.89 Å². The summed E-state index contributed by atoms with van der Waals surface area (Å²) < 4.78 is 5.45. The highest BCUT2D eigenvalue weighted by molar-refractivity contribution is 5.97. The molecule has 1 saturated carbocycles. The van der Waals surface area contributed by atoms with Crippen molar-refractivity contribution < 1.29 is 9.53 Å². The van der Waals surface area contributed by atoms with Crippen LogP contribution < -0.4 is 4.90 Å². The van der Waals surface area contributed by atoms with E-state index in [0.717, 1.165) is 79.3 Å². The average molecular weight is 437 g/mol. The molecule has 172 valence electrons. The van der Waals surface area contributed by atoms with E-state index in [4.69, 9.17) is 4.74 Å². The highest BCUT2D eigenvalue weighted by Gasteiger charge is 2.28. The predicted molar refractivity (Wildman–Crippen MR) is 130 cm³/mol. The van der Waals surface area contributed by atoms with E-state index < -0.39 is 0 Å². The number of aromatic amines is 2. The SMILES string of the molecule is CCCc1[nH]nc(-c2cc3ccc(N(C)C(=O)[C@H]4CC[C@H](OC)CC4)cc3[nH]2)c1CCC. The molecule has 0 radical (unpaired) electrons. The van der Waals surface area contributed by atoms with E-state index in [1.807, 2.05) is 18.0 Å². The Morgan fingerprint density at radius 2 is 1.88 bits per heavy atom. The lowest BCUT2D eigenvalue weighted by atomic mass is 9.86. The molecule has 1 fully saturated rings. The first-order valence-corrected chi connectivity index (χ1v) is 12.0. The number of amides is 1. The molecular formula is C26H36N4O2. The highest BCUT2D eigenvalue weighted by Crippen LogP contribution is 2.32. The third-order valence-corrected chi connectivity index (χ3v) is 6.89. The number of aromatic nitrogens is 3. The zero-order chi connectivity index (χ0) is 22.7. The van der Waals surface area contributed by atoms with Gasteiger partial charge in [-0.2, -0.15) is 5.10 Å². The number of nitrogens with one attached hydrogen (secondary N) is 2. The standard InChI is InChI=1S/C26H36N4O2/c1-5-7-21-22(8-6-2)28-29-25(21)24-15-18-9-12-19(16-23(18)27-24)30(3)26(31)17-10-13-20(32-4)14-11-17/h9,12,15-17,20,27H,5-8,10-11,13-14H2,1-4H3,(H,28,29)/t17-,20-. The molecule has 32 heavy (non-hydrogen) atoms. The van der Waals surface area contributed by atoms with Crippen molar-refractivity contribution in [3.8, 4) is 11.4 Å². The smallest absolute Gasteiger partial charge is 0.229 e. The molecule has 3 aromatic rings. The van der Waals surface area contributed by atoms with Gasteiger partial charge in [-0.05, 0) is 56.7 Å². The Bertz CT molecular complexity index is 1060. The number of benzene rings is 1. The van der Waals surface area contributed by atoms with E-state index in [-0.39, 0.29) is 11.8 Å². The lowest BCUT2D eigenvalue weighted by Crippen LogP contribution is -2.36. The van der Waals surface area contributed by atoms with Gasteiger partial charge in [-0.1, -0.05) is 32.8 Å². The maximum Gasteiger partial charge on any atom is 0.229 e. The number of rotatable bonds is 8. The van der Waals surface area contributed by atoms with Crippen molar-refractivity contribution in [1.82, 2.24) is 15.2 Å². The van der Waals surface area contributed by atoms with Gasteiger partial charge in [0.2, 0.25) is 5.91 Å². The molecular weight excluding hydrogens is 400 g/mol. The van der Waals surface area contributed by atoms with Crippen molar-refractivity contribution in [1.29, 1.82) is 0 Å². The molecule has 2 heterocycles. The van der Waals surface area contributed by atoms with Crippen molar-refractivity contribution >= 4 is 22.5 Å². The van der Waals surface area contributed by atoms with Crippen LogP contribution >= 0.6 is 0 Å². The monoisotopic (exact) mass is 436 g/mol. The van der Waals surface area contributed by atoms with Crippen LogP contribution in [0.1, 0.15) is 63.6 Å². The van der Waals surface area contributed by atoms with E-state index in [1.165, 1.54) is 11.3 Å². The number of ether oxygens (including phenoxy) is 1. The van der Waals surface area contributed by atoms with Gasteiger partial charge in [-0.15, -0.1) is 0 Å². The van der Waals surface area contributed by atoms with Crippen molar-refractivity contribution in [2.45, 2.75) is 71.3 Å². The van der Waals surface area contributed by atoms with Gasteiger partial charge < -0.3 is 14.6 Å². The predicted octanol–water partition coefficient (Wildman–Crippen LogP) is 5.63. The van der Waals surface area contributed by atoms with Crippen molar-refractivity contribution in [2.75, 3.05) is 19.1 Å². The molecule has 1 amide bonds. The van der Waals surface area contributed by atoms with E-state index in [0.29, 0.717) is 6.10 Å². The largest absolute Gasteiger partial charge is 0.381 e. The van der Waals surface area contributed by atoms with Gasteiger partial charge in [0.15, 0.2) is 0 Å². The van der Waals surface area contributed by atoms with Crippen molar-refractivity contribution in [3.63, 3.8) is 0 Å². The second-order valence-corrected chi connectivity index (χ2v) is 9.09. The summed E-state index contributed by atoms with van der Waals surface area (Å²) in [6.07, 6.45) is 8.25. The molecule has 0 spiro atoms. The highest BCUT2D eigenvalue weighted by atomic mass is 16.5. The summed E-state index contributed by atoms with van der Waals surface area (Å²) in [7, 11) is 3.65. The Balaban J connectivity index is 1.56. The summed E-state index contributed by atoms with van der Waals surface area (Å²) in [5.41, 5.74) is 6.57. The van der Waals surface area contributed by atoms with Crippen LogP contribution in [0.4, 0.5) is 5.69 Å². The summed E-state index contributed by atoms with van der Waals surface area (Å²) in [6.45, 7) is 4.40. The normalized spacial score (nSPS) is 18.9. The van der Waals surface area contributed by atoms with Crippen LogP contribution in [-0.4, -0.2) is 41.3 Å². The van der Waals surface area contributed by atoms with E-state index >= 15 is 0 Å². The van der Waals surface area contributed by atoms with Gasteiger partial charge in [0.05, 0.1) is 11.8 Å². The first kappa shape index (κ1) is 22.6. The van der Waals surface area contributed by atoms with Gasteiger partial charge in [0.1, 0.15) is 5.69 Å². The maximum atomic E-state index is 13.1. The summed E-state index contributed by atoms with van der Waals surface area (Å²) in [5, 5.41) is 9.04. The molecule has 0 saturated heterocycles. The number of carbonyl (C=O) groups is 1. The molecule has 0 aliphatic heterocycles. The Labute approximate surface area is 190 Å². The molecule has 6 heteroatoms. The lowest BCUT2D eigenvalue weighted by molar-refractivity contribution is -0.123. The van der Waals surface area contributed by atoms with E-state index in [2.05, 4.69) is 47.2 Å². The minimum atomic E-state index is 0.0824. The molecule has 0 unspecified atom stereocenters. The molecule has 6 nitrogen and oxygen atoms in total. The lowest BCUT2D eigenvalue weighted by Gasteiger charge is -2.30. The maximum absolute atomic E-state index is 13.1. The van der Waals surface area contributed by atoms with Gasteiger partial charge in [0.25, 0.3) is 0 Å². The fourth-order valence-electron chi connectivity index (χ4n) is 5.00. The summed E-state index contributed by atoms with van der Waals surface area (Å²) in [4.78, 5) is 18.5. The quantitative estimate of drug-likeness (QED) is 0.480. The number of anilines is 1. The number of methoxy groups -OCH3 is 1. The minimum Gasteiger partial charge on any atom is -0.381 e. The van der Waals surface area contributed by atoms with Gasteiger partial charge >= 0.3 is 0 Å². The molecule has 2 N–H and O–H groups in total. The molecule has 2 aromatic heterocycles. The Morgan fingerprint density at radius 3 is 2.56 bits per heavy atom. The molecule has 1 aliphatic carbocycles. The van der Waals surface area contributed by atoms with Crippen LogP contribution in [-0.2, 0) is 22.4 Å². The van der Waals surface area contributed by atoms with Crippen molar-refractivity contribution in [3.05, 3.63) is 35.5 Å². The van der Waals surface area contributed by atoms with Crippen molar-refractivity contribution in [2.24, 2.45) is 5.92 Å². The fraction of sp³-hybridized carbons (Fsp3) is 0.538. The Morgan fingerprint density at radius 1 is 1.12 bits per heavy atom. The summed E-state index contributed by atoms with van der Waals surface area (Å²) >= 11 is 0. The Kier molecular flexibility index (Phi) is 6.99. The fourth-order valence-corrected chi connectivity index (χ4v) is 5.00. The number of nitrogens with zero attached hydrogens (tertiary/aromatic N) is 2. The minimum absolute atomic E-state index is 0.0824. The first-order chi connectivity index (χ1) is 15.5. The number of H-pyrrole nitrogens is 2. The zero-order valence-corrected chi connectivity index (χ0v) is 19.8. The number of aryl methyl sites for hydroxylation is 1. The van der Waals surface area contributed by atoms with Gasteiger partial charge in [0, 0.05) is 47.9 Å². The average Bonchev–Trinajstić information content (AvgIpc) is 3.42. The van der Waals surface area contributed by atoms with E-state index in [9.17, 15) is 4.79 Å². The van der Waals surface area contributed by atoms with E-state index in [1.54, 1.807) is 7.11 Å². The number of hydrogen-bond acceptors (Lipinski definition) is 3. The molecule has 1 aromatic carbocycles. The molecule has 4 rings (SSSR count). The topological polar surface area (TPSA) is 74.0 Å². The van der Waals surface area contributed by atoms with Gasteiger partial charge in [-0.25, -0.2) is 0 Å². The Hall–Kier alpha value is -2.60. The van der Waals surface area contributed by atoms with Crippen LogP contribution in [0, 0.1) is 5.92 Å². The summed E-state index contributed by atoms with van der Waals surface area (Å²) in [5.74, 6) is 0.284. The van der Waals surface area contributed by atoms with Crippen LogP contribution in [0.2, 0.25) is 0 Å². The third-order valence-electron chi connectivity index (χ3n) is 6.89. The first-order valence-electron chi connectivity index (χ1n) is 12.0. The molecule has 0 atom stereocenters. The number of fused-ring (bicyclic) bond motifs is 1. The number of carbonyl (C=O) groups excluding carboxylic acids is 1. The molecule has 1 aliphatic rings. The zero-order valence-electron chi connectivity index (χ0n) is 19.8. The van der Waals surface area contributed by atoms with Crippen LogP contribution in [0.3, 0.4) is 0 Å². The van der Waals surface area contributed by atoms with Crippen LogP contribution in [0.25, 0.3) is 22.3 Å². The second kappa shape index (κ2) is 9.90. The van der Waals surface area contributed by atoms with Crippen LogP contribution in [0.15, 0.2) is 24.3 Å². The third kappa shape index (κ3) is 4.46. The summed E-state index contributed by atoms with van der Waals surface area (Å²) in [6, 6.07) is 8.38.